The lowest BCUT2D eigenvalue weighted by atomic mass is 9.72. The summed E-state index contributed by atoms with van der Waals surface area (Å²) in [5.74, 6) is 0.314. The average molecular weight is 484 g/mol. The highest BCUT2D eigenvalue weighted by atomic mass is 16.5. The lowest BCUT2D eigenvalue weighted by Gasteiger charge is -2.43. The number of aliphatic imine (C=N–C) groups is 1. The van der Waals surface area contributed by atoms with Crippen LogP contribution in [-0.2, 0) is 5.41 Å². The van der Waals surface area contributed by atoms with Gasteiger partial charge in [-0.25, -0.2) is 0 Å². The first kappa shape index (κ1) is 24.6. The summed E-state index contributed by atoms with van der Waals surface area (Å²) in [5, 5.41) is 25.8. The molecule has 0 saturated carbocycles. The molecule has 0 aliphatic carbocycles. The van der Waals surface area contributed by atoms with Gasteiger partial charge in [-0.1, -0.05) is 54.6 Å². The number of phenolic OH excluding ortho intramolecular Hbond substituents is 1. The minimum Gasteiger partial charge on any atom is -0.507 e. The number of phenols is 1. The maximum absolute atomic E-state index is 13.1. The zero-order valence-corrected chi connectivity index (χ0v) is 20.1. The van der Waals surface area contributed by atoms with Gasteiger partial charge in [0.1, 0.15) is 17.1 Å². The molecule has 0 radical (unpaired) electrons. The summed E-state index contributed by atoms with van der Waals surface area (Å²) in [6.45, 7) is 1.67. The third-order valence-corrected chi connectivity index (χ3v) is 6.63. The number of amides is 1. The Kier molecular flexibility index (Phi) is 7.71. The fourth-order valence-corrected chi connectivity index (χ4v) is 4.64. The number of ether oxygens (including phenoxy) is 1. The van der Waals surface area contributed by atoms with Crippen molar-refractivity contribution in [1.29, 1.82) is 5.26 Å². The second kappa shape index (κ2) is 11.3. The van der Waals surface area contributed by atoms with E-state index >= 15 is 0 Å². The van der Waals surface area contributed by atoms with E-state index in [0.717, 1.165) is 24.1 Å². The summed E-state index contributed by atoms with van der Waals surface area (Å²) in [5.41, 5.74) is 1.78. The molecule has 8 nitrogen and oxygen atoms in total. The van der Waals surface area contributed by atoms with Gasteiger partial charge in [-0.2, -0.15) is 5.26 Å². The number of carbonyl (C=O) groups is 1. The molecule has 3 aromatic carbocycles. The Morgan fingerprint density at radius 2 is 1.72 bits per heavy atom. The van der Waals surface area contributed by atoms with Crippen LogP contribution in [-0.4, -0.2) is 48.6 Å². The highest BCUT2D eigenvalue weighted by molar-refractivity contribution is 5.99. The van der Waals surface area contributed by atoms with Crippen molar-refractivity contribution in [3.63, 3.8) is 0 Å². The van der Waals surface area contributed by atoms with E-state index in [1.54, 1.807) is 12.1 Å². The van der Waals surface area contributed by atoms with E-state index in [1.165, 1.54) is 13.2 Å². The monoisotopic (exact) mass is 483 g/mol. The molecule has 0 spiro atoms. The van der Waals surface area contributed by atoms with Gasteiger partial charge < -0.3 is 25.4 Å². The number of likely N-dealkylation sites (tertiary alicyclic amines) is 1. The summed E-state index contributed by atoms with van der Waals surface area (Å²) in [6, 6.07) is 24.5. The van der Waals surface area contributed by atoms with E-state index in [1.807, 2.05) is 54.7 Å². The van der Waals surface area contributed by atoms with Gasteiger partial charge in [0.2, 0.25) is 12.2 Å². The molecule has 3 aromatic rings. The normalized spacial score (nSPS) is 15.0. The molecule has 3 N–H and O–H groups in total. The first-order valence-electron chi connectivity index (χ1n) is 11.8. The highest BCUT2D eigenvalue weighted by Gasteiger charge is 2.38. The number of hydrogen-bond donors (Lipinski definition) is 3. The molecule has 1 aliphatic heterocycles. The van der Waals surface area contributed by atoms with Gasteiger partial charge in [0.05, 0.1) is 7.11 Å². The number of piperidine rings is 1. The molecule has 1 aliphatic rings. The first-order chi connectivity index (χ1) is 17.6. The van der Waals surface area contributed by atoms with E-state index < -0.39 is 0 Å². The smallest absolute Gasteiger partial charge is 0.258 e. The molecule has 0 aromatic heterocycles. The van der Waals surface area contributed by atoms with Crippen molar-refractivity contribution in [2.45, 2.75) is 18.3 Å². The molecule has 4 rings (SSSR count). The molecule has 1 heterocycles. The Morgan fingerprint density at radius 1 is 1.06 bits per heavy atom. The fourth-order valence-electron chi connectivity index (χ4n) is 4.64. The number of hydrogen-bond acceptors (Lipinski definition) is 5. The maximum Gasteiger partial charge on any atom is 0.258 e. The Bertz CT molecular complexity index is 1250. The third-order valence-electron chi connectivity index (χ3n) is 6.63. The van der Waals surface area contributed by atoms with Gasteiger partial charge >= 0.3 is 0 Å². The van der Waals surface area contributed by atoms with Gasteiger partial charge in [-0.3, -0.25) is 4.79 Å². The van der Waals surface area contributed by atoms with Crippen molar-refractivity contribution >= 4 is 17.6 Å². The molecule has 1 amide bonds. The summed E-state index contributed by atoms with van der Waals surface area (Å²) in [7, 11) is 1.47. The van der Waals surface area contributed by atoms with E-state index in [9.17, 15) is 15.2 Å². The predicted molar refractivity (Wildman–Crippen MR) is 139 cm³/mol. The van der Waals surface area contributed by atoms with Crippen LogP contribution in [0.25, 0.3) is 0 Å². The fraction of sp³-hybridized carbons (Fsp3) is 0.250. The van der Waals surface area contributed by atoms with Crippen LogP contribution in [0.2, 0.25) is 0 Å². The van der Waals surface area contributed by atoms with Crippen LogP contribution in [0.1, 0.15) is 28.8 Å². The molecule has 1 fully saturated rings. The zero-order valence-electron chi connectivity index (χ0n) is 20.1. The number of nitrogens with one attached hydrogen (secondary N) is 2. The number of guanidine groups is 1. The van der Waals surface area contributed by atoms with Crippen LogP contribution in [0.3, 0.4) is 0 Å². The van der Waals surface area contributed by atoms with Crippen LogP contribution in [0, 0.1) is 11.5 Å². The lowest BCUT2D eigenvalue weighted by Crippen LogP contribution is -2.51. The minimum atomic E-state index is -0.389. The van der Waals surface area contributed by atoms with Crippen LogP contribution in [0.5, 0.6) is 11.5 Å². The molecule has 8 heteroatoms. The van der Waals surface area contributed by atoms with Crippen LogP contribution >= 0.6 is 0 Å². The Hall–Kier alpha value is -4.51. The van der Waals surface area contributed by atoms with Crippen molar-refractivity contribution in [2.75, 3.05) is 32.1 Å². The molecule has 36 heavy (non-hydrogen) atoms. The third kappa shape index (κ3) is 5.41. The summed E-state index contributed by atoms with van der Waals surface area (Å²) in [4.78, 5) is 19.2. The largest absolute Gasteiger partial charge is 0.507 e. The van der Waals surface area contributed by atoms with E-state index in [4.69, 9.17) is 4.74 Å². The second-order valence-electron chi connectivity index (χ2n) is 8.70. The molecular weight excluding hydrogens is 454 g/mol. The Labute approximate surface area is 210 Å². The van der Waals surface area contributed by atoms with Crippen LogP contribution in [0.15, 0.2) is 83.9 Å². The van der Waals surface area contributed by atoms with Crippen LogP contribution < -0.4 is 15.4 Å². The number of methoxy groups -OCH3 is 1. The van der Waals surface area contributed by atoms with Crippen molar-refractivity contribution in [1.82, 2.24) is 10.2 Å². The number of nitriles is 1. The molecule has 0 unspecified atom stereocenters. The number of benzene rings is 3. The standard InChI is InChI=1S/C28H29N5O3/c1-36-24-14-8-13-23(34)25(24)26(35)30-19-28(21-9-4-2-5-10-21)15-17-33(18-16-28)27(31-20-29)32-22-11-6-3-7-12-22/h2-14,34H,15-19H2,1H3,(H,30,35)(H,31,32). The Morgan fingerprint density at radius 3 is 2.36 bits per heavy atom. The zero-order chi connectivity index (χ0) is 25.4. The number of anilines is 1. The summed E-state index contributed by atoms with van der Waals surface area (Å²) < 4.78 is 5.29. The predicted octanol–water partition coefficient (Wildman–Crippen LogP) is 4.11. The topological polar surface area (TPSA) is 110 Å². The number of rotatable bonds is 6. The van der Waals surface area contributed by atoms with Crippen molar-refractivity contribution in [3.05, 3.63) is 90.0 Å². The molecule has 0 bridgehead atoms. The Balaban J connectivity index is 1.53. The molecule has 0 atom stereocenters. The van der Waals surface area contributed by atoms with Gasteiger partial charge in [0.25, 0.3) is 5.91 Å². The molecule has 1 saturated heterocycles. The van der Waals surface area contributed by atoms with Crippen molar-refractivity contribution < 1.29 is 14.6 Å². The quantitative estimate of drug-likeness (QED) is 0.277. The van der Waals surface area contributed by atoms with Crippen molar-refractivity contribution in [3.8, 4) is 17.7 Å². The average Bonchev–Trinajstić information content (AvgIpc) is 2.92. The SMILES string of the molecule is COc1cccc(O)c1C(=O)NCC1(c2ccccc2)CCN(/C(=N\C#N)Nc2ccccc2)CC1. The molecular formula is C28H29N5O3. The van der Waals surface area contributed by atoms with E-state index in [-0.39, 0.29) is 22.6 Å². The molecule has 184 valence electrons. The maximum atomic E-state index is 13.1. The minimum absolute atomic E-state index is 0.121. The van der Waals surface area contributed by atoms with Gasteiger partial charge in [0.15, 0.2) is 0 Å². The first-order valence-corrected chi connectivity index (χ1v) is 11.8. The van der Waals surface area contributed by atoms with Crippen LogP contribution in [0.4, 0.5) is 5.69 Å². The summed E-state index contributed by atoms with van der Waals surface area (Å²) in [6.07, 6.45) is 3.37. The van der Waals surface area contributed by atoms with Gasteiger partial charge in [0, 0.05) is 30.7 Å². The van der Waals surface area contributed by atoms with Gasteiger partial charge in [-0.15, -0.1) is 4.99 Å². The summed E-state index contributed by atoms with van der Waals surface area (Å²) >= 11 is 0. The number of para-hydroxylation sites is 1. The number of aromatic hydroxyl groups is 1. The highest BCUT2D eigenvalue weighted by Crippen LogP contribution is 2.36. The van der Waals surface area contributed by atoms with E-state index in [2.05, 4.69) is 32.7 Å². The van der Waals surface area contributed by atoms with E-state index in [0.29, 0.717) is 31.3 Å². The van der Waals surface area contributed by atoms with Crippen molar-refractivity contribution in [2.24, 2.45) is 4.99 Å². The number of nitrogens with zero attached hydrogens (tertiary/aromatic N) is 3. The second-order valence-corrected chi connectivity index (χ2v) is 8.70. The van der Waals surface area contributed by atoms with Gasteiger partial charge in [-0.05, 0) is 42.7 Å². The lowest BCUT2D eigenvalue weighted by molar-refractivity contribution is 0.0926. The number of carbonyl (C=O) groups excluding carboxylic acids is 1.